The summed E-state index contributed by atoms with van der Waals surface area (Å²) in [5, 5.41) is 3.40. The molecule has 0 fully saturated rings. The van der Waals surface area contributed by atoms with E-state index in [1.165, 1.54) is 16.7 Å². The highest BCUT2D eigenvalue weighted by Gasteiger charge is 2.12. The topological polar surface area (TPSA) is 21.3 Å². The Labute approximate surface area is 108 Å². The molecule has 18 heavy (non-hydrogen) atoms. The van der Waals surface area contributed by atoms with Gasteiger partial charge in [0.1, 0.15) is 12.4 Å². The lowest BCUT2D eigenvalue weighted by Gasteiger charge is -2.20. The van der Waals surface area contributed by atoms with Gasteiger partial charge in [-0.1, -0.05) is 36.4 Å². The molecule has 0 amide bonds. The molecule has 1 aliphatic rings. The Hall–Kier alpha value is -1.80. The maximum absolute atomic E-state index is 5.84. The Morgan fingerprint density at radius 2 is 1.89 bits per heavy atom. The van der Waals surface area contributed by atoms with Gasteiger partial charge < -0.3 is 10.1 Å². The third-order valence-electron chi connectivity index (χ3n) is 3.37. The Bertz CT molecular complexity index is 522. The van der Waals surface area contributed by atoms with Crippen molar-refractivity contribution in [3.8, 4) is 5.75 Å². The molecule has 0 aromatic heterocycles. The first kappa shape index (κ1) is 11.3. The fraction of sp³-hybridized carbons (Fsp3) is 0.250. The van der Waals surface area contributed by atoms with Crippen molar-refractivity contribution < 1.29 is 4.74 Å². The largest absolute Gasteiger partial charge is 0.489 e. The maximum Gasteiger partial charge on any atom is 0.119 e. The van der Waals surface area contributed by atoms with E-state index in [2.05, 4.69) is 23.5 Å². The summed E-state index contributed by atoms with van der Waals surface area (Å²) in [6.07, 6.45) is 1.10. The molecule has 3 rings (SSSR count). The number of fused-ring (bicyclic) bond motifs is 1. The van der Waals surface area contributed by atoms with Gasteiger partial charge in [0.25, 0.3) is 0 Å². The Morgan fingerprint density at radius 3 is 2.78 bits per heavy atom. The lowest BCUT2D eigenvalue weighted by Crippen LogP contribution is -2.24. The van der Waals surface area contributed by atoms with Crippen LogP contribution in [0.25, 0.3) is 0 Å². The Kier molecular flexibility index (Phi) is 3.29. The highest BCUT2D eigenvalue weighted by atomic mass is 16.5. The van der Waals surface area contributed by atoms with Crippen molar-refractivity contribution in [1.82, 2.24) is 5.32 Å². The van der Waals surface area contributed by atoms with Crippen LogP contribution in [-0.4, -0.2) is 6.54 Å². The van der Waals surface area contributed by atoms with Gasteiger partial charge >= 0.3 is 0 Å². The molecule has 0 atom stereocenters. The molecule has 0 spiro atoms. The Morgan fingerprint density at radius 1 is 1.00 bits per heavy atom. The van der Waals surface area contributed by atoms with Crippen LogP contribution in [0, 0.1) is 0 Å². The van der Waals surface area contributed by atoms with E-state index in [9.17, 15) is 0 Å². The third kappa shape index (κ3) is 2.39. The first-order chi connectivity index (χ1) is 8.93. The molecule has 0 bridgehead atoms. The van der Waals surface area contributed by atoms with Gasteiger partial charge in [-0.3, -0.25) is 0 Å². The van der Waals surface area contributed by atoms with Gasteiger partial charge in [-0.2, -0.15) is 0 Å². The SMILES string of the molecule is c1ccc(OCc2cccc3c2CCNC3)cc1. The van der Waals surface area contributed by atoms with E-state index < -0.39 is 0 Å². The van der Waals surface area contributed by atoms with Crippen LogP contribution in [0.1, 0.15) is 16.7 Å². The first-order valence-corrected chi connectivity index (χ1v) is 6.42. The van der Waals surface area contributed by atoms with Crippen LogP contribution in [-0.2, 0) is 19.6 Å². The number of hydrogen-bond donors (Lipinski definition) is 1. The van der Waals surface area contributed by atoms with Gasteiger partial charge in [0, 0.05) is 6.54 Å². The van der Waals surface area contributed by atoms with Crippen LogP contribution < -0.4 is 10.1 Å². The molecule has 2 heteroatoms. The molecule has 0 unspecified atom stereocenters. The minimum Gasteiger partial charge on any atom is -0.489 e. The molecule has 2 aromatic rings. The molecule has 92 valence electrons. The lowest BCUT2D eigenvalue weighted by molar-refractivity contribution is 0.304. The van der Waals surface area contributed by atoms with E-state index in [-0.39, 0.29) is 0 Å². The fourth-order valence-corrected chi connectivity index (χ4v) is 2.42. The number of rotatable bonds is 3. The second-order valence-corrected chi connectivity index (χ2v) is 4.58. The summed E-state index contributed by atoms with van der Waals surface area (Å²) in [7, 11) is 0. The molecular weight excluding hydrogens is 222 g/mol. The average Bonchev–Trinajstić information content (AvgIpc) is 2.46. The van der Waals surface area contributed by atoms with Crippen LogP contribution in [0.4, 0.5) is 0 Å². The minimum atomic E-state index is 0.660. The van der Waals surface area contributed by atoms with E-state index in [0.29, 0.717) is 6.61 Å². The van der Waals surface area contributed by atoms with E-state index in [4.69, 9.17) is 4.74 Å². The molecule has 2 nitrogen and oxygen atoms in total. The van der Waals surface area contributed by atoms with Crippen LogP contribution >= 0.6 is 0 Å². The first-order valence-electron chi connectivity index (χ1n) is 6.42. The van der Waals surface area contributed by atoms with Gasteiger partial charge in [0.05, 0.1) is 0 Å². The van der Waals surface area contributed by atoms with Crippen molar-refractivity contribution in [2.45, 2.75) is 19.6 Å². The number of hydrogen-bond acceptors (Lipinski definition) is 2. The molecule has 1 heterocycles. The van der Waals surface area contributed by atoms with Crippen molar-refractivity contribution in [2.75, 3.05) is 6.54 Å². The monoisotopic (exact) mass is 239 g/mol. The predicted octanol–water partition coefficient (Wildman–Crippen LogP) is 2.91. The third-order valence-corrected chi connectivity index (χ3v) is 3.37. The van der Waals surface area contributed by atoms with Gasteiger partial charge in [0.2, 0.25) is 0 Å². The lowest BCUT2D eigenvalue weighted by atomic mass is 9.96. The van der Waals surface area contributed by atoms with Crippen molar-refractivity contribution in [3.05, 3.63) is 65.2 Å². The zero-order chi connectivity index (χ0) is 12.2. The molecule has 0 aliphatic carbocycles. The molecule has 1 N–H and O–H groups in total. The summed E-state index contributed by atoms with van der Waals surface area (Å²) in [6, 6.07) is 16.5. The van der Waals surface area contributed by atoms with Crippen molar-refractivity contribution in [2.24, 2.45) is 0 Å². The fourth-order valence-electron chi connectivity index (χ4n) is 2.42. The molecule has 0 radical (unpaired) electrons. The van der Waals surface area contributed by atoms with Crippen LogP contribution in [0.5, 0.6) is 5.75 Å². The zero-order valence-corrected chi connectivity index (χ0v) is 10.4. The highest BCUT2D eigenvalue weighted by Crippen LogP contribution is 2.20. The molecular formula is C16H17NO. The minimum absolute atomic E-state index is 0.660. The summed E-state index contributed by atoms with van der Waals surface area (Å²) in [4.78, 5) is 0. The van der Waals surface area contributed by atoms with Crippen molar-refractivity contribution in [1.29, 1.82) is 0 Å². The van der Waals surface area contributed by atoms with Crippen LogP contribution in [0.15, 0.2) is 48.5 Å². The average molecular weight is 239 g/mol. The normalized spacial score (nSPS) is 14.0. The van der Waals surface area contributed by atoms with E-state index in [1.807, 2.05) is 30.3 Å². The van der Waals surface area contributed by atoms with Crippen molar-refractivity contribution in [3.63, 3.8) is 0 Å². The summed E-state index contributed by atoms with van der Waals surface area (Å²) in [6.45, 7) is 2.71. The van der Waals surface area contributed by atoms with Gasteiger partial charge in [-0.15, -0.1) is 0 Å². The number of nitrogens with one attached hydrogen (secondary N) is 1. The molecule has 0 saturated carbocycles. The maximum atomic E-state index is 5.84. The highest BCUT2D eigenvalue weighted by molar-refractivity contribution is 5.37. The van der Waals surface area contributed by atoms with Gasteiger partial charge in [0.15, 0.2) is 0 Å². The zero-order valence-electron chi connectivity index (χ0n) is 10.4. The second-order valence-electron chi connectivity index (χ2n) is 4.58. The van der Waals surface area contributed by atoms with Crippen LogP contribution in [0.2, 0.25) is 0 Å². The number of para-hydroxylation sites is 1. The second kappa shape index (κ2) is 5.23. The van der Waals surface area contributed by atoms with Crippen LogP contribution in [0.3, 0.4) is 0 Å². The summed E-state index contributed by atoms with van der Waals surface area (Å²) >= 11 is 0. The summed E-state index contributed by atoms with van der Waals surface area (Å²) in [5.41, 5.74) is 4.19. The summed E-state index contributed by atoms with van der Waals surface area (Å²) in [5.74, 6) is 0.934. The van der Waals surface area contributed by atoms with E-state index in [0.717, 1.165) is 25.3 Å². The van der Waals surface area contributed by atoms with Crippen molar-refractivity contribution >= 4 is 0 Å². The molecule has 0 saturated heterocycles. The molecule has 2 aromatic carbocycles. The van der Waals surface area contributed by atoms with Gasteiger partial charge in [-0.25, -0.2) is 0 Å². The quantitative estimate of drug-likeness (QED) is 0.889. The van der Waals surface area contributed by atoms with Gasteiger partial charge in [-0.05, 0) is 41.8 Å². The summed E-state index contributed by atoms with van der Waals surface area (Å²) < 4.78 is 5.84. The van der Waals surface area contributed by atoms with E-state index in [1.54, 1.807) is 0 Å². The smallest absolute Gasteiger partial charge is 0.119 e. The number of ether oxygens (including phenoxy) is 1. The standard InChI is InChI=1S/C16H17NO/c1-2-7-15(8-3-1)18-12-14-6-4-5-13-11-17-10-9-16(13)14/h1-8,17H,9-12H2. The predicted molar refractivity (Wildman–Crippen MR) is 72.6 cm³/mol. The number of benzene rings is 2. The Balaban J connectivity index is 1.77. The molecule has 1 aliphatic heterocycles. The van der Waals surface area contributed by atoms with E-state index >= 15 is 0 Å².